The average Bonchev–Trinajstić information content (AvgIpc) is 2.68. The Labute approximate surface area is 151 Å². The highest BCUT2D eigenvalue weighted by molar-refractivity contribution is 5.85. The first-order valence-electron chi connectivity index (χ1n) is 9.74. The highest BCUT2D eigenvalue weighted by Crippen LogP contribution is 2.38. The maximum Gasteiger partial charge on any atom is 0.228 e. The molecule has 1 aliphatic heterocycles. The summed E-state index contributed by atoms with van der Waals surface area (Å²) in [7, 11) is 1.97. The van der Waals surface area contributed by atoms with Crippen molar-refractivity contribution in [1.82, 2.24) is 9.80 Å². The second-order valence-corrected chi connectivity index (χ2v) is 7.42. The van der Waals surface area contributed by atoms with Gasteiger partial charge in [0.1, 0.15) is 0 Å². The summed E-state index contributed by atoms with van der Waals surface area (Å²) >= 11 is 0. The zero-order valence-corrected chi connectivity index (χ0v) is 15.5. The summed E-state index contributed by atoms with van der Waals surface area (Å²) in [5.74, 6) is 0.249. The third-order valence-corrected chi connectivity index (χ3v) is 5.98. The number of carbonyl (C=O) groups excluding carboxylic acids is 2. The van der Waals surface area contributed by atoms with Crippen LogP contribution in [0.15, 0.2) is 30.3 Å². The smallest absolute Gasteiger partial charge is 0.228 e. The van der Waals surface area contributed by atoms with Gasteiger partial charge in [-0.05, 0) is 31.7 Å². The number of rotatable bonds is 4. The van der Waals surface area contributed by atoms with Gasteiger partial charge in [0.25, 0.3) is 0 Å². The third-order valence-electron chi connectivity index (χ3n) is 5.98. The maximum absolute atomic E-state index is 13.3. The Kier molecular flexibility index (Phi) is 5.77. The zero-order chi connectivity index (χ0) is 17.8. The van der Waals surface area contributed by atoms with Crippen molar-refractivity contribution >= 4 is 11.8 Å². The largest absolute Gasteiger partial charge is 0.342 e. The van der Waals surface area contributed by atoms with Crippen molar-refractivity contribution in [3.8, 4) is 0 Å². The van der Waals surface area contributed by atoms with Gasteiger partial charge in [-0.25, -0.2) is 0 Å². The summed E-state index contributed by atoms with van der Waals surface area (Å²) in [6.45, 7) is 2.65. The molecule has 0 unspecified atom stereocenters. The minimum absolute atomic E-state index is 0.132. The molecular formula is C21H30N2O2. The molecule has 3 rings (SSSR count). The quantitative estimate of drug-likeness (QED) is 0.835. The normalized spacial score (nSPS) is 25.0. The molecule has 1 heterocycles. The molecule has 1 aromatic rings. The average molecular weight is 342 g/mol. The molecule has 4 heteroatoms. The van der Waals surface area contributed by atoms with Crippen LogP contribution in [0.1, 0.15) is 63.5 Å². The van der Waals surface area contributed by atoms with Gasteiger partial charge in [0.2, 0.25) is 11.8 Å². The molecule has 1 saturated heterocycles. The molecule has 1 aromatic carbocycles. The first-order valence-corrected chi connectivity index (χ1v) is 9.74. The number of nitrogens with zero attached hydrogens (tertiary/aromatic N) is 2. The lowest BCUT2D eigenvalue weighted by Gasteiger charge is -2.43. The van der Waals surface area contributed by atoms with Crippen LogP contribution in [-0.4, -0.2) is 41.2 Å². The zero-order valence-electron chi connectivity index (χ0n) is 15.5. The summed E-state index contributed by atoms with van der Waals surface area (Å²) in [6.07, 6.45) is 7.08. The van der Waals surface area contributed by atoms with Crippen molar-refractivity contribution in [2.45, 2.75) is 64.0 Å². The van der Waals surface area contributed by atoms with E-state index in [2.05, 4.69) is 0 Å². The minimum atomic E-state index is -0.133. The topological polar surface area (TPSA) is 40.6 Å². The number of amides is 2. The molecular weight excluding hydrogens is 312 g/mol. The fourth-order valence-electron chi connectivity index (χ4n) is 4.56. The molecule has 136 valence electrons. The van der Waals surface area contributed by atoms with Gasteiger partial charge in [0, 0.05) is 26.1 Å². The standard InChI is InChI=1S/C21H30N2O2/c1-3-23-19(24)15-14-18(20(23)16-10-6-4-7-11-16)21(25)22(2)17-12-8-5-9-13-17/h4,6-7,10-11,17-18,20H,3,5,8-9,12-15H2,1-2H3/t18-,20+/m1/s1. The molecule has 25 heavy (non-hydrogen) atoms. The van der Waals surface area contributed by atoms with E-state index in [0.29, 0.717) is 25.4 Å². The molecule has 2 aliphatic rings. The van der Waals surface area contributed by atoms with Gasteiger partial charge < -0.3 is 9.80 Å². The predicted molar refractivity (Wildman–Crippen MR) is 98.9 cm³/mol. The fourth-order valence-corrected chi connectivity index (χ4v) is 4.56. The van der Waals surface area contributed by atoms with Gasteiger partial charge in [-0.1, -0.05) is 49.6 Å². The fraction of sp³-hybridized carbons (Fsp3) is 0.619. The van der Waals surface area contributed by atoms with E-state index in [4.69, 9.17) is 0 Å². The van der Waals surface area contributed by atoms with E-state index in [0.717, 1.165) is 18.4 Å². The summed E-state index contributed by atoms with van der Waals surface area (Å²) in [5.41, 5.74) is 1.08. The lowest BCUT2D eigenvalue weighted by atomic mass is 9.82. The van der Waals surface area contributed by atoms with Crippen LogP contribution in [0.5, 0.6) is 0 Å². The van der Waals surface area contributed by atoms with Crippen LogP contribution >= 0.6 is 0 Å². The molecule has 2 atom stereocenters. The summed E-state index contributed by atoms with van der Waals surface area (Å²) in [5, 5.41) is 0. The molecule has 0 aromatic heterocycles. The molecule has 1 saturated carbocycles. The molecule has 1 aliphatic carbocycles. The van der Waals surface area contributed by atoms with Crippen LogP contribution in [0.3, 0.4) is 0 Å². The highest BCUT2D eigenvalue weighted by atomic mass is 16.2. The molecule has 0 radical (unpaired) electrons. The Morgan fingerprint density at radius 3 is 2.44 bits per heavy atom. The first-order chi connectivity index (χ1) is 12.1. The molecule has 0 spiro atoms. The lowest BCUT2D eigenvalue weighted by Crippen LogP contribution is -2.50. The van der Waals surface area contributed by atoms with Gasteiger partial charge in [0.05, 0.1) is 12.0 Å². The lowest BCUT2D eigenvalue weighted by molar-refractivity contribution is -0.148. The van der Waals surface area contributed by atoms with Crippen LogP contribution in [0.4, 0.5) is 0 Å². The van der Waals surface area contributed by atoms with Gasteiger partial charge in [-0.3, -0.25) is 9.59 Å². The Morgan fingerprint density at radius 1 is 1.12 bits per heavy atom. The van der Waals surface area contributed by atoms with Gasteiger partial charge in [-0.2, -0.15) is 0 Å². The van der Waals surface area contributed by atoms with E-state index in [1.165, 1.54) is 19.3 Å². The number of carbonyl (C=O) groups is 2. The Morgan fingerprint density at radius 2 is 1.80 bits per heavy atom. The minimum Gasteiger partial charge on any atom is -0.342 e. The summed E-state index contributed by atoms with van der Waals surface area (Å²) < 4.78 is 0. The summed E-state index contributed by atoms with van der Waals surface area (Å²) in [4.78, 5) is 29.7. The monoisotopic (exact) mass is 342 g/mol. The Hall–Kier alpha value is -1.84. The van der Waals surface area contributed by atoms with E-state index in [9.17, 15) is 9.59 Å². The van der Waals surface area contributed by atoms with Crippen molar-refractivity contribution in [3.63, 3.8) is 0 Å². The number of benzene rings is 1. The van der Waals surface area contributed by atoms with Gasteiger partial charge >= 0.3 is 0 Å². The van der Waals surface area contributed by atoms with Crippen molar-refractivity contribution in [3.05, 3.63) is 35.9 Å². The summed E-state index contributed by atoms with van der Waals surface area (Å²) in [6, 6.07) is 10.3. The first kappa shape index (κ1) is 18.0. The highest BCUT2D eigenvalue weighted by Gasteiger charge is 2.41. The van der Waals surface area contributed by atoms with Crippen LogP contribution in [0, 0.1) is 5.92 Å². The van der Waals surface area contributed by atoms with Gasteiger partial charge in [0.15, 0.2) is 0 Å². The maximum atomic E-state index is 13.3. The van der Waals surface area contributed by atoms with Crippen LogP contribution < -0.4 is 0 Å². The molecule has 0 bridgehead atoms. The van der Waals surface area contributed by atoms with E-state index < -0.39 is 0 Å². The Bertz CT molecular complexity index is 595. The molecule has 4 nitrogen and oxygen atoms in total. The Balaban J connectivity index is 1.86. The van der Waals surface area contributed by atoms with E-state index in [1.807, 2.05) is 54.1 Å². The third kappa shape index (κ3) is 3.73. The second-order valence-electron chi connectivity index (χ2n) is 7.42. The molecule has 2 amide bonds. The van der Waals surface area contributed by atoms with E-state index in [-0.39, 0.29) is 23.8 Å². The SMILES string of the molecule is CCN1C(=O)CC[C@@H](C(=O)N(C)C2CCCCC2)[C@@H]1c1ccccc1. The van der Waals surface area contributed by atoms with Crippen molar-refractivity contribution in [2.75, 3.05) is 13.6 Å². The van der Waals surface area contributed by atoms with E-state index in [1.54, 1.807) is 0 Å². The van der Waals surface area contributed by atoms with Crippen LogP contribution in [0.2, 0.25) is 0 Å². The number of piperidine rings is 1. The molecule has 2 fully saturated rings. The van der Waals surface area contributed by atoms with Crippen molar-refractivity contribution in [1.29, 1.82) is 0 Å². The number of hydrogen-bond donors (Lipinski definition) is 0. The number of hydrogen-bond acceptors (Lipinski definition) is 2. The van der Waals surface area contributed by atoms with Crippen LogP contribution in [-0.2, 0) is 9.59 Å². The molecule has 0 N–H and O–H groups in total. The van der Waals surface area contributed by atoms with Crippen molar-refractivity contribution in [2.24, 2.45) is 5.92 Å². The van der Waals surface area contributed by atoms with E-state index >= 15 is 0 Å². The van der Waals surface area contributed by atoms with Crippen LogP contribution in [0.25, 0.3) is 0 Å². The second kappa shape index (κ2) is 8.03. The van der Waals surface area contributed by atoms with Gasteiger partial charge in [-0.15, -0.1) is 0 Å². The van der Waals surface area contributed by atoms with Crippen molar-refractivity contribution < 1.29 is 9.59 Å². The predicted octanol–water partition coefficient (Wildman–Crippen LogP) is 3.78. The number of likely N-dealkylation sites (tertiary alicyclic amines) is 1.